The van der Waals surface area contributed by atoms with Crippen LogP contribution in [0.3, 0.4) is 0 Å². The maximum atomic E-state index is 11.2. The van der Waals surface area contributed by atoms with Crippen molar-refractivity contribution in [2.24, 2.45) is 0 Å². The number of rotatable bonds is 1. The second kappa shape index (κ2) is 3.55. The molecule has 0 atom stereocenters. The van der Waals surface area contributed by atoms with Crippen LogP contribution in [0.5, 0.6) is 0 Å². The van der Waals surface area contributed by atoms with Crippen molar-refractivity contribution < 1.29 is 14.3 Å². The van der Waals surface area contributed by atoms with E-state index in [2.05, 4.69) is 9.58 Å². The number of hydrogen-bond acceptors (Lipinski definition) is 3. The third-order valence-corrected chi connectivity index (χ3v) is 2.10. The lowest BCUT2D eigenvalue weighted by atomic mass is 9.91. The summed E-state index contributed by atoms with van der Waals surface area (Å²) < 4.78 is 9.65. The number of carbonyl (C=O) groups is 1. The standard InChI is InChI=1S/C8H11NO3/c1-9-8(7(10)11-2)3-5-12-6-4-8/h3-6H2,2H3. The molecule has 0 radical (unpaired) electrons. The molecule has 0 unspecified atom stereocenters. The Hall–Kier alpha value is -1.08. The molecule has 12 heavy (non-hydrogen) atoms. The molecule has 0 aromatic rings. The molecule has 0 aromatic heterocycles. The van der Waals surface area contributed by atoms with Crippen LogP contribution in [0.4, 0.5) is 0 Å². The Labute approximate surface area is 71.3 Å². The number of carbonyl (C=O) groups excluding carboxylic acids is 1. The van der Waals surface area contributed by atoms with E-state index < -0.39 is 11.5 Å². The van der Waals surface area contributed by atoms with Crippen molar-refractivity contribution in [3.63, 3.8) is 0 Å². The van der Waals surface area contributed by atoms with Crippen LogP contribution in [0, 0.1) is 6.57 Å². The van der Waals surface area contributed by atoms with Gasteiger partial charge in [-0.05, 0) is 0 Å². The number of esters is 1. The van der Waals surface area contributed by atoms with Crippen molar-refractivity contribution in [3.05, 3.63) is 11.4 Å². The molecular formula is C8H11NO3. The van der Waals surface area contributed by atoms with Gasteiger partial charge in [0.05, 0.1) is 33.2 Å². The van der Waals surface area contributed by atoms with Crippen LogP contribution in [-0.4, -0.2) is 31.8 Å². The average molecular weight is 169 g/mol. The van der Waals surface area contributed by atoms with Gasteiger partial charge >= 0.3 is 11.5 Å². The first-order valence-corrected chi connectivity index (χ1v) is 3.80. The van der Waals surface area contributed by atoms with Crippen LogP contribution < -0.4 is 0 Å². The summed E-state index contributed by atoms with van der Waals surface area (Å²) in [6, 6.07) is 0. The van der Waals surface area contributed by atoms with Gasteiger partial charge in [0, 0.05) is 0 Å². The molecule has 0 amide bonds. The van der Waals surface area contributed by atoms with E-state index in [1.165, 1.54) is 7.11 Å². The van der Waals surface area contributed by atoms with E-state index in [0.29, 0.717) is 26.1 Å². The van der Waals surface area contributed by atoms with Gasteiger partial charge in [0.1, 0.15) is 0 Å². The number of ether oxygens (including phenoxy) is 2. The molecule has 0 bridgehead atoms. The van der Waals surface area contributed by atoms with Gasteiger partial charge in [-0.3, -0.25) is 4.85 Å². The van der Waals surface area contributed by atoms with Gasteiger partial charge in [0.15, 0.2) is 0 Å². The molecule has 1 heterocycles. The van der Waals surface area contributed by atoms with Crippen LogP contribution >= 0.6 is 0 Å². The van der Waals surface area contributed by atoms with Gasteiger partial charge in [-0.1, -0.05) is 0 Å². The predicted molar refractivity (Wildman–Crippen MR) is 41.4 cm³/mol. The third kappa shape index (κ3) is 1.41. The summed E-state index contributed by atoms with van der Waals surface area (Å²) in [5, 5.41) is 0. The van der Waals surface area contributed by atoms with Gasteiger partial charge < -0.3 is 9.47 Å². The minimum atomic E-state index is -0.965. The van der Waals surface area contributed by atoms with Crippen molar-refractivity contribution >= 4 is 5.97 Å². The molecule has 1 aliphatic heterocycles. The highest BCUT2D eigenvalue weighted by Gasteiger charge is 2.48. The van der Waals surface area contributed by atoms with Crippen LogP contribution in [-0.2, 0) is 14.3 Å². The molecule has 4 nitrogen and oxygen atoms in total. The monoisotopic (exact) mass is 169 g/mol. The summed E-state index contributed by atoms with van der Waals surface area (Å²) in [5.41, 5.74) is -0.965. The van der Waals surface area contributed by atoms with E-state index in [0.717, 1.165) is 0 Å². The van der Waals surface area contributed by atoms with E-state index in [1.54, 1.807) is 0 Å². The lowest BCUT2D eigenvalue weighted by molar-refractivity contribution is -0.148. The molecule has 1 saturated heterocycles. The number of hydrogen-bond donors (Lipinski definition) is 0. The lowest BCUT2D eigenvalue weighted by Gasteiger charge is -2.23. The molecule has 4 heteroatoms. The first-order chi connectivity index (χ1) is 5.75. The summed E-state index contributed by atoms with van der Waals surface area (Å²) >= 11 is 0. The molecule has 1 aliphatic rings. The van der Waals surface area contributed by atoms with Gasteiger partial charge in [0.2, 0.25) is 0 Å². The van der Waals surface area contributed by atoms with Crippen molar-refractivity contribution in [1.29, 1.82) is 0 Å². The first-order valence-electron chi connectivity index (χ1n) is 3.80. The Balaban J connectivity index is 2.74. The summed E-state index contributed by atoms with van der Waals surface area (Å²) in [4.78, 5) is 14.6. The summed E-state index contributed by atoms with van der Waals surface area (Å²) in [7, 11) is 1.31. The molecule has 0 N–H and O–H groups in total. The predicted octanol–water partition coefficient (Wildman–Crippen LogP) is 0.628. The smallest absolute Gasteiger partial charge is 0.393 e. The van der Waals surface area contributed by atoms with Crippen molar-refractivity contribution in [2.75, 3.05) is 20.3 Å². The SMILES string of the molecule is [C-]#[N+]C1(C(=O)OC)CCOCC1. The summed E-state index contributed by atoms with van der Waals surface area (Å²) in [5.74, 6) is -0.430. The zero-order valence-corrected chi connectivity index (χ0v) is 7.00. The van der Waals surface area contributed by atoms with E-state index in [4.69, 9.17) is 11.3 Å². The second-order valence-electron chi connectivity index (χ2n) is 2.75. The van der Waals surface area contributed by atoms with E-state index >= 15 is 0 Å². The van der Waals surface area contributed by atoms with E-state index in [-0.39, 0.29) is 0 Å². The van der Waals surface area contributed by atoms with Crippen molar-refractivity contribution in [1.82, 2.24) is 0 Å². The fourth-order valence-corrected chi connectivity index (χ4v) is 1.26. The summed E-state index contributed by atoms with van der Waals surface area (Å²) in [6.07, 6.45) is 0.895. The Morgan fingerprint density at radius 2 is 2.17 bits per heavy atom. The van der Waals surface area contributed by atoms with Crippen LogP contribution in [0.1, 0.15) is 12.8 Å². The normalized spacial score (nSPS) is 21.0. The maximum Gasteiger partial charge on any atom is 0.393 e. The quantitative estimate of drug-likeness (QED) is 0.427. The molecule has 0 saturated carbocycles. The molecule has 0 aromatic carbocycles. The highest BCUT2D eigenvalue weighted by molar-refractivity contribution is 5.83. The number of nitrogens with zero attached hydrogens (tertiary/aromatic N) is 1. The minimum Gasteiger partial charge on any atom is -0.463 e. The third-order valence-electron chi connectivity index (χ3n) is 2.10. The zero-order chi connectivity index (χ0) is 9.03. The van der Waals surface area contributed by atoms with Crippen LogP contribution in [0.15, 0.2) is 0 Å². The van der Waals surface area contributed by atoms with Crippen LogP contribution in [0.25, 0.3) is 4.85 Å². The summed E-state index contributed by atoms with van der Waals surface area (Å²) in [6.45, 7) is 7.89. The van der Waals surface area contributed by atoms with Crippen LogP contribution in [0.2, 0.25) is 0 Å². The number of methoxy groups -OCH3 is 1. The maximum absolute atomic E-state index is 11.2. The highest BCUT2D eigenvalue weighted by atomic mass is 16.5. The highest BCUT2D eigenvalue weighted by Crippen LogP contribution is 2.26. The van der Waals surface area contributed by atoms with Gasteiger partial charge in [-0.2, -0.15) is 0 Å². The Morgan fingerprint density at radius 3 is 2.58 bits per heavy atom. The Morgan fingerprint density at radius 1 is 1.58 bits per heavy atom. The Bertz CT molecular complexity index is 213. The zero-order valence-electron chi connectivity index (χ0n) is 7.00. The van der Waals surface area contributed by atoms with Crippen molar-refractivity contribution in [3.8, 4) is 0 Å². The molecule has 1 rings (SSSR count). The lowest BCUT2D eigenvalue weighted by Crippen LogP contribution is -2.41. The second-order valence-corrected chi connectivity index (χ2v) is 2.75. The molecular weight excluding hydrogens is 158 g/mol. The van der Waals surface area contributed by atoms with Gasteiger partial charge in [0.25, 0.3) is 0 Å². The molecule has 66 valence electrons. The average Bonchev–Trinajstić information content (AvgIpc) is 2.17. The van der Waals surface area contributed by atoms with E-state index in [9.17, 15) is 4.79 Å². The topological polar surface area (TPSA) is 39.9 Å². The van der Waals surface area contributed by atoms with Gasteiger partial charge in [-0.25, -0.2) is 11.4 Å². The molecule has 0 spiro atoms. The largest absolute Gasteiger partial charge is 0.463 e. The van der Waals surface area contributed by atoms with Crippen molar-refractivity contribution in [2.45, 2.75) is 18.4 Å². The fourth-order valence-electron chi connectivity index (χ4n) is 1.26. The van der Waals surface area contributed by atoms with Gasteiger partial charge in [-0.15, -0.1) is 0 Å². The minimum absolute atomic E-state index is 0.430. The first kappa shape index (κ1) is 9.01. The molecule has 1 fully saturated rings. The fraction of sp³-hybridized carbons (Fsp3) is 0.750. The Kier molecular flexibility index (Phi) is 2.66. The molecule has 0 aliphatic carbocycles. The van der Waals surface area contributed by atoms with E-state index in [1.807, 2.05) is 0 Å².